The molecular weight excluding hydrogens is 212 g/mol. The second-order valence-electron chi connectivity index (χ2n) is 4.12. The van der Waals surface area contributed by atoms with Crippen LogP contribution in [0.25, 0.3) is 11.3 Å². The molecule has 0 aliphatic rings. The maximum atomic E-state index is 3.93. The van der Waals surface area contributed by atoms with Crippen LogP contribution in [0.15, 0.2) is 30.5 Å². The van der Waals surface area contributed by atoms with Crippen LogP contribution in [0.3, 0.4) is 0 Å². The molecule has 0 saturated carbocycles. The lowest BCUT2D eigenvalue weighted by Crippen LogP contribution is -2.13. The Balaban J connectivity index is 2.06. The van der Waals surface area contributed by atoms with Crippen LogP contribution in [0.1, 0.15) is 18.9 Å². The summed E-state index contributed by atoms with van der Waals surface area (Å²) in [7, 11) is 1.90. The third-order valence-corrected chi connectivity index (χ3v) is 2.72. The summed E-state index contributed by atoms with van der Waals surface area (Å²) < 4.78 is 1.78. The molecule has 1 aromatic carbocycles. The van der Waals surface area contributed by atoms with Gasteiger partial charge in [0.05, 0.1) is 11.9 Å². The number of nitrogens with one attached hydrogen (secondary N) is 1. The number of rotatable bonds is 5. The molecule has 1 heterocycles. The third kappa shape index (κ3) is 2.91. The fourth-order valence-electron chi connectivity index (χ4n) is 1.75. The zero-order valence-electron chi connectivity index (χ0n) is 10.3. The van der Waals surface area contributed by atoms with Crippen molar-refractivity contribution in [2.45, 2.75) is 19.9 Å². The number of hydrogen-bond donors (Lipinski definition) is 1. The molecule has 17 heavy (non-hydrogen) atoms. The Labute approximate surface area is 102 Å². The van der Waals surface area contributed by atoms with E-state index in [1.807, 2.05) is 7.05 Å². The summed E-state index contributed by atoms with van der Waals surface area (Å²) in [5, 5.41) is 11.2. The average molecular weight is 230 g/mol. The van der Waals surface area contributed by atoms with E-state index in [4.69, 9.17) is 0 Å². The maximum Gasteiger partial charge on any atom is 0.0882 e. The van der Waals surface area contributed by atoms with Crippen LogP contribution in [0, 0.1) is 0 Å². The van der Waals surface area contributed by atoms with Crippen LogP contribution < -0.4 is 5.32 Å². The molecule has 0 saturated heterocycles. The van der Waals surface area contributed by atoms with Gasteiger partial charge >= 0.3 is 0 Å². The first-order valence-corrected chi connectivity index (χ1v) is 5.96. The van der Waals surface area contributed by atoms with E-state index in [1.165, 1.54) is 12.0 Å². The van der Waals surface area contributed by atoms with Crippen LogP contribution in [0.4, 0.5) is 0 Å². The molecule has 0 radical (unpaired) electrons. The van der Waals surface area contributed by atoms with Crippen molar-refractivity contribution >= 4 is 0 Å². The van der Waals surface area contributed by atoms with Crippen molar-refractivity contribution in [3.8, 4) is 11.3 Å². The molecule has 2 aromatic rings. The fourth-order valence-corrected chi connectivity index (χ4v) is 1.75. The first-order valence-electron chi connectivity index (χ1n) is 5.96. The minimum absolute atomic E-state index is 0.928. The fraction of sp³-hybridized carbons (Fsp3) is 0.385. The SMILES string of the molecule is CCCNCc1ccc(-c2cnnn2C)cc1. The van der Waals surface area contributed by atoms with E-state index in [9.17, 15) is 0 Å². The van der Waals surface area contributed by atoms with E-state index in [0.717, 1.165) is 24.3 Å². The maximum absolute atomic E-state index is 3.93. The Morgan fingerprint density at radius 3 is 2.59 bits per heavy atom. The first kappa shape index (κ1) is 11.8. The molecule has 0 aliphatic carbocycles. The Bertz CT molecular complexity index is 459. The van der Waals surface area contributed by atoms with Gasteiger partial charge in [-0.15, -0.1) is 5.10 Å². The van der Waals surface area contributed by atoms with Crippen LogP contribution in [0.2, 0.25) is 0 Å². The lowest BCUT2D eigenvalue weighted by atomic mass is 10.1. The quantitative estimate of drug-likeness (QED) is 0.799. The van der Waals surface area contributed by atoms with E-state index >= 15 is 0 Å². The zero-order valence-corrected chi connectivity index (χ0v) is 10.3. The second kappa shape index (κ2) is 5.59. The molecule has 0 bridgehead atoms. The summed E-state index contributed by atoms with van der Waals surface area (Å²) in [4.78, 5) is 0. The van der Waals surface area contributed by atoms with Gasteiger partial charge in [0.1, 0.15) is 0 Å². The van der Waals surface area contributed by atoms with Crippen molar-refractivity contribution < 1.29 is 0 Å². The highest BCUT2D eigenvalue weighted by Gasteiger charge is 2.02. The number of nitrogens with zero attached hydrogens (tertiary/aromatic N) is 3. The molecule has 0 fully saturated rings. The zero-order chi connectivity index (χ0) is 12.1. The van der Waals surface area contributed by atoms with Crippen molar-refractivity contribution in [2.24, 2.45) is 7.05 Å². The van der Waals surface area contributed by atoms with Crippen LogP contribution in [-0.2, 0) is 13.6 Å². The minimum atomic E-state index is 0.928. The van der Waals surface area contributed by atoms with Gasteiger partial charge < -0.3 is 5.32 Å². The highest BCUT2D eigenvalue weighted by atomic mass is 15.4. The largest absolute Gasteiger partial charge is 0.313 e. The summed E-state index contributed by atoms with van der Waals surface area (Å²) in [5.74, 6) is 0. The van der Waals surface area contributed by atoms with Gasteiger partial charge in [-0.1, -0.05) is 36.4 Å². The van der Waals surface area contributed by atoms with Gasteiger partial charge in [-0.05, 0) is 18.5 Å². The molecule has 0 atom stereocenters. The molecular formula is C13H18N4. The summed E-state index contributed by atoms with van der Waals surface area (Å²) >= 11 is 0. The Hall–Kier alpha value is -1.68. The molecule has 0 spiro atoms. The standard InChI is InChI=1S/C13H18N4/c1-3-8-14-9-11-4-6-12(7-5-11)13-10-15-16-17(13)2/h4-7,10,14H,3,8-9H2,1-2H3. The van der Waals surface area contributed by atoms with E-state index in [2.05, 4.69) is 46.8 Å². The van der Waals surface area contributed by atoms with Crippen molar-refractivity contribution in [3.05, 3.63) is 36.0 Å². The topological polar surface area (TPSA) is 42.7 Å². The molecule has 1 aromatic heterocycles. The Morgan fingerprint density at radius 1 is 1.24 bits per heavy atom. The van der Waals surface area contributed by atoms with Gasteiger partial charge in [-0.25, -0.2) is 4.68 Å². The summed E-state index contributed by atoms with van der Waals surface area (Å²) in [6.07, 6.45) is 2.95. The summed E-state index contributed by atoms with van der Waals surface area (Å²) in [6.45, 7) is 4.16. The highest BCUT2D eigenvalue weighted by molar-refractivity contribution is 5.58. The number of aromatic nitrogens is 3. The molecule has 2 rings (SSSR count). The Morgan fingerprint density at radius 2 is 2.00 bits per heavy atom. The molecule has 1 N–H and O–H groups in total. The predicted molar refractivity (Wildman–Crippen MR) is 68.4 cm³/mol. The number of benzene rings is 1. The average Bonchev–Trinajstić information content (AvgIpc) is 2.77. The molecule has 90 valence electrons. The second-order valence-corrected chi connectivity index (χ2v) is 4.12. The van der Waals surface area contributed by atoms with E-state index < -0.39 is 0 Å². The minimum Gasteiger partial charge on any atom is -0.313 e. The molecule has 0 amide bonds. The van der Waals surface area contributed by atoms with Crippen molar-refractivity contribution in [3.63, 3.8) is 0 Å². The molecule has 0 unspecified atom stereocenters. The first-order chi connectivity index (χ1) is 8.31. The van der Waals surface area contributed by atoms with Crippen molar-refractivity contribution in [2.75, 3.05) is 6.54 Å². The van der Waals surface area contributed by atoms with E-state index in [0.29, 0.717) is 0 Å². The van der Waals surface area contributed by atoms with E-state index in [1.54, 1.807) is 10.9 Å². The number of hydrogen-bond acceptors (Lipinski definition) is 3. The highest BCUT2D eigenvalue weighted by Crippen LogP contribution is 2.17. The molecule has 0 aliphatic heterocycles. The summed E-state index contributed by atoms with van der Waals surface area (Å²) in [6, 6.07) is 8.51. The number of aryl methyl sites for hydroxylation is 1. The monoisotopic (exact) mass is 230 g/mol. The van der Waals surface area contributed by atoms with Crippen LogP contribution in [-0.4, -0.2) is 21.5 Å². The summed E-state index contributed by atoms with van der Waals surface area (Å²) in [5.41, 5.74) is 3.49. The normalized spacial score (nSPS) is 10.7. The van der Waals surface area contributed by atoms with Crippen molar-refractivity contribution in [1.82, 2.24) is 20.3 Å². The van der Waals surface area contributed by atoms with Gasteiger partial charge in [-0.3, -0.25) is 0 Å². The Kier molecular flexibility index (Phi) is 3.88. The van der Waals surface area contributed by atoms with Gasteiger partial charge in [0.2, 0.25) is 0 Å². The molecule has 4 heteroatoms. The lowest BCUT2D eigenvalue weighted by molar-refractivity contribution is 0.675. The van der Waals surface area contributed by atoms with Gasteiger partial charge in [0.25, 0.3) is 0 Å². The van der Waals surface area contributed by atoms with Crippen molar-refractivity contribution in [1.29, 1.82) is 0 Å². The third-order valence-electron chi connectivity index (χ3n) is 2.72. The predicted octanol–water partition coefficient (Wildman–Crippen LogP) is 1.98. The van der Waals surface area contributed by atoms with Gasteiger partial charge in [0, 0.05) is 19.2 Å². The van der Waals surface area contributed by atoms with Gasteiger partial charge in [-0.2, -0.15) is 0 Å². The smallest absolute Gasteiger partial charge is 0.0882 e. The molecule has 4 nitrogen and oxygen atoms in total. The van der Waals surface area contributed by atoms with Gasteiger partial charge in [0.15, 0.2) is 0 Å². The lowest BCUT2D eigenvalue weighted by Gasteiger charge is -2.05. The van der Waals surface area contributed by atoms with E-state index in [-0.39, 0.29) is 0 Å². The van der Waals surface area contributed by atoms with Crippen LogP contribution in [0.5, 0.6) is 0 Å². The van der Waals surface area contributed by atoms with Crippen LogP contribution >= 0.6 is 0 Å².